The summed E-state index contributed by atoms with van der Waals surface area (Å²) < 4.78 is 41.5. The molecule has 0 saturated heterocycles. The average Bonchev–Trinajstić information content (AvgIpc) is 2.84. The molecule has 5 nitrogen and oxygen atoms in total. The third-order valence-electron chi connectivity index (χ3n) is 5.74. The van der Waals surface area contributed by atoms with E-state index in [-0.39, 0.29) is 6.04 Å². The summed E-state index contributed by atoms with van der Waals surface area (Å²) in [5.41, 5.74) is 5.33. The second-order valence-corrected chi connectivity index (χ2v) is 8.87. The van der Waals surface area contributed by atoms with Gasteiger partial charge in [0.1, 0.15) is 0 Å². The van der Waals surface area contributed by atoms with E-state index in [2.05, 4.69) is 10.3 Å². The van der Waals surface area contributed by atoms with Gasteiger partial charge in [0.25, 0.3) is 0 Å². The number of pyridine rings is 1. The first-order valence-corrected chi connectivity index (χ1v) is 11.6. The number of hydrogen-bond acceptors (Lipinski definition) is 4. The van der Waals surface area contributed by atoms with Crippen LogP contribution in [0, 0.1) is 6.92 Å². The molecule has 1 aliphatic heterocycles. The first-order chi connectivity index (χ1) is 17.2. The number of alkyl halides is 3. The second-order valence-electron chi connectivity index (χ2n) is 8.87. The lowest BCUT2D eigenvalue weighted by atomic mass is 10.1. The molecule has 8 heteroatoms. The van der Waals surface area contributed by atoms with Crippen LogP contribution >= 0.6 is 0 Å². The van der Waals surface area contributed by atoms with Gasteiger partial charge in [0, 0.05) is 17.4 Å². The lowest BCUT2D eigenvalue weighted by Gasteiger charge is -2.21. The van der Waals surface area contributed by atoms with Crippen molar-refractivity contribution in [2.75, 3.05) is 5.32 Å². The average molecular weight is 488 g/mol. The van der Waals surface area contributed by atoms with Crippen molar-refractivity contribution in [2.24, 2.45) is 4.99 Å². The van der Waals surface area contributed by atoms with E-state index >= 15 is 0 Å². The maximum absolute atomic E-state index is 13.2. The Labute approximate surface area is 206 Å². The largest absolute Gasteiger partial charge is 0.416 e. The van der Waals surface area contributed by atoms with Gasteiger partial charge in [-0.25, -0.2) is 4.98 Å². The van der Waals surface area contributed by atoms with Gasteiger partial charge < -0.3 is 9.88 Å². The third-order valence-corrected chi connectivity index (χ3v) is 5.74. The van der Waals surface area contributed by atoms with E-state index in [1.807, 2.05) is 73.9 Å². The molecule has 2 aliphatic rings. The molecule has 1 aliphatic carbocycles. The summed E-state index contributed by atoms with van der Waals surface area (Å²) in [6, 6.07) is 20.5. The monoisotopic (exact) mass is 487 g/mol. The minimum atomic E-state index is -4.40. The van der Waals surface area contributed by atoms with Crippen LogP contribution < -0.4 is 10.7 Å². The van der Waals surface area contributed by atoms with Crippen LogP contribution in [0.4, 0.5) is 24.5 Å². The molecule has 0 amide bonds. The number of benzene rings is 3. The van der Waals surface area contributed by atoms with Gasteiger partial charge in [0.05, 0.1) is 50.9 Å². The Morgan fingerprint density at radius 1 is 0.944 bits per heavy atom. The molecule has 0 fully saturated rings. The molecule has 3 aromatic rings. The van der Waals surface area contributed by atoms with E-state index in [0.717, 1.165) is 51.3 Å². The van der Waals surface area contributed by atoms with E-state index in [4.69, 9.17) is 9.98 Å². The molecule has 0 unspecified atom stereocenters. The first-order valence-electron chi connectivity index (χ1n) is 11.6. The van der Waals surface area contributed by atoms with Crippen LogP contribution in [-0.2, 0) is 6.18 Å². The summed E-state index contributed by atoms with van der Waals surface area (Å²) in [4.78, 5) is 14.0. The summed E-state index contributed by atoms with van der Waals surface area (Å²) >= 11 is 0. The van der Waals surface area contributed by atoms with Crippen LogP contribution in [0.1, 0.15) is 25.1 Å². The van der Waals surface area contributed by atoms with Gasteiger partial charge in [-0.05, 0) is 81.4 Å². The summed E-state index contributed by atoms with van der Waals surface area (Å²) in [7, 11) is 0. The number of anilines is 2. The number of halogens is 3. The predicted octanol–water partition coefficient (Wildman–Crippen LogP) is 6.91. The fourth-order valence-electron chi connectivity index (χ4n) is 4.10. The SMILES string of the molecule is Cc1ccc(Nc2cc3nc4ccccc4n(-c4ccc(C(F)(F)F)cc4)c-3cc2=NC(C)C)cn1. The summed E-state index contributed by atoms with van der Waals surface area (Å²) in [5.74, 6) is 0. The van der Waals surface area contributed by atoms with E-state index in [9.17, 15) is 13.2 Å². The van der Waals surface area contributed by atoms with E-state index in [1.165, 1.54) is 12.1 Å². The Bertz CT molecular complexity index is 1570. The fraction of sp³-hybridized carbons (Fsp3) is 0.179. The van der Waals surface area contributed by atoms with Crippen LogP contribution in [0.25, 0.3) is 28.1 Å². The quantitative estimate of drug-likeness (QED) is 0.281. The number of para-hydroxylation sites is 2. The highest BCUT2D eigenvalue weighted by molar-refractivity contribution is 5.84. The maximum atomic E-state index is 13.2. The number of nitrogens with one attached hydrogen (secondary N) is 1. The summed E-state index contributed by atoms with van der Waals surface area (Å²) in [6.45, 7) is 5.91. The number of fused-ring (bicyclic) bond motifs is 2. The minimum absolute atomic E-state index is 0.0204. The Hall–Kier alpha value is -4.20. The minimum Gasteiger partial charge on any atom is -0.352 e. The van der Waals surface area contributed by atoms with Crippen molar-refractivity contribution in [3.8, 4) is 17.1 Å². The zero-order valence-electron chi connectivity index (χ0n) is 20.0. The van der Waals surface area contributed by atoms with Crippen molar-refractivity contribution < 1.29 is 13.2 Å². The molecular formula is C28H24F3N5. The number of hydrogen-bond donors (Lipinski definition) is 1. The van der Waals surface area contributed by atoms with Gasteiger partial charge in [-0.2, -0.15) is 13.2 Å². The Kier molecular flexibility index (Phi) is 5.96. The smallest absolute Gasteiger partial charge is 0.352 e. The number of nitrogens with zero attached hydrogens (tertiary/aromatic N) is 4. The van der Waals surface area contributed by atoms with Gasteiger partial charge in [0.2, 0.25) is 0 Å². The molecule has 2 heterocycles. The van der Waals surface area contributed by atoms with Gasteiger partial charge in [-0.15, -0.1) is 0 Å². The molecule has 36 heavy (non-hydrogen) atoms. The third kappa shape index (κ3) is 4.66. The van der Waals surface area contributed by atoms with E-state index in [1.54, 1.807) is 6.20 Å². The van der Waals surface area contributed by atoms with Crippen molar-refractivity contribution in [1.29, 1.82) is 0 Å². The van der Waals surface area contributed by atoms with E-state index in [0.29, 0.717) is 11.4 Å². The Balaban J connectivity index is 1.77. The van der Waals surface area contributed by atoms with Crippen LogP contribution in [-0.4, -0.2) is 20.6 Å². The van der Waals surface area contributed by atoms with Crippen molar-refractivity contribution in [3.05, 3.63) is 95.6 Å². The molecule has 1 aromatic heterocycles. The molecule has 0 atom stereocenters. The molecule has 0 saturated carbocycles. The highest BCUT2D eigenvalue weighted by Gasteiger charge is 2.30. The highest BCUT2D eigenvalue weighted by Crippen LogP contribution is 2.33. The van der Waals surface area contributed by atoms with Gasteiger partial charge in [-0.1, -0.05) is 12.1 Å². The Morgan fingerprint density at radius 3 is 2.36 bits per heavy atom. The Morgan fingerprint density at radius 2 is 1.69 bits per heavy atom. The van der Waals surface area contributed by atoms with Gasteiger partial charge >= 0.3 is 6.18 Å². The first kappa shape index (κ1) is 23.5. The zero-order valence-corrected chi connectivity index (χ0v) is 20.0. The van der Waals surface area contributed by atoms with E-state index < -0.39 is 11.7 Å². The topological polar surface area (TPSA) is 55.1 Å². The van der Waals surface area contributed by atoms with Crippen molar-refractivity contribution >= 4 is 22.4 Å². The number of aryl methyl sites for hydroxylation is 1. The molecule has 0 bridgehead atoms. The summed E-state index contributed by atoms with van der Waals surface area (Å²) in [5, 5.41) is 4.12. The predicted molar refractivity (Wildman–Crippen MR) is 136 cm³/mol. The highest BCUT2D eigenvalue weighted by atomic mass is 19.4. The molecule has 1 N–H and O–H groups in total. The van der Waals surface area contributed by atoms with Crippen molar-refractivity contribution in [1.82, 2.24) is 14.5 Å². The van der Waals surface area contributed by atoms with Crippen molar-refractivity contribution in [2.45, 2.75) is 33.0 Å². The number of rotatable bonds is 4. The molecular weight excluding hydrogens is 463 g/mol. The van der Waals surface area contributed by atoms with Crippen LogP contribution in [0.2, 0.25) is 0 Å². The second kappa shape index (κ2) is 9.11. The molecule has 2 aromatic carbocycles. The number of aromatic nitrogens is 3. The van der Waals surface area contributed by atoms with Gasteiger partial charge in [-0.3, -0.25) is 9.98 Å². The molecule has 0 radical (unpaired) electrons. The van der Waals surface area contributed by atoms with Crippen molar-refractivity contribution in [3.63, 3.8) is 0 Å². The lowest BCUT2D eigenvalue weighted by molar-refractivity contribution is -0.137. The molecule has 5 rings (SSSR count). The standard InChI is InChI=1S/C28H24F3N5/c1-17(2)33-24-15-27-25(14-23(24)34-20-11-8-18(3)32-16-20)35-22-6-4-5-7-26(22)36(27)21-12-9-19(10-13-21)28(29,30)31/h4-17,34H,1-3H3. The molecule has 0 spiro atoms. The lowest BCUT2D eigenvalue weighted by Crippen LogP contribution is -2.16. The maximum Gasteiger partial charge on any atom is 0.416 e. The van der Waals surface area contributed by atoms with Crippen LogP contribution in [0.15, 0.2) is 84.0 Å². The zero-order chi connectivity index (χ0) is 25.4. The van der Waals surface area contributed by atoms with Crippen LogP contribution in [0.3, 0.4) is 0 Å². The normalized spacial score (nSPS) is 12.6. The van der Waals surface area contributed by atoms with Gasteiger partial charge in [0.15, 0.2) is 0 Å². The van der Waals surface area contributed by atoms with Crippen LogP contribution in [0.5, 0.6) is 0 Å². The molecule has 182 valence electrons. The fourth-order valence-corrected chi connectivity index (χ4v) is 4.10. The summed E-state index contributed by atoms with van der Waals surface area (Å²) in [6.07, 6.45) is -2.64.